The molecule has 0 unspecified atom stereocenters. The number of halogens is 2. The predicted molar refractivity (Wildman–Crippen MR) is 128 cm³/mol. The third kappa shape index (κ3) is 4.41. The number of nitrogens with zero attached hydrogens (tertiary/aromatic N) is 3. The van der Waals surface area contributed by atoms with Crippen molar-refractivity contribution in [2.45, 2.75) is 39.2 Å². The van der Waals surface area contributed by atoms with Crippen molar-refractivity contribution in [3.8, 4) is 10.9 Å². The van der Waals surface area contributed by atoms with Crippen LogP contribution in [0.1, 0.15) is 42.1 Å². The minimum atomic E-state index is -0.781. The molecule has 1 aliphatic carbocycles. The van der Waals surface area contributed by atoms with Gasteiger partial charge in [-0.3, -0.25) is 9.36 Å². The molecule has 180 valence electrons. The Morgan fingerprint density at radius 2 is 2.00 bits per heavy atom. The summed E-state index contributed by atoms with van der Waals surface area (Å²) >= 11 is 1.20. The van der Waals surface area contributed by atoms with E-state index < -0.39 is 29.3 Å². The number of nitrogens with one attached hydrogen (secondary N) is 1. The van der Waals surface area contributed by atoms with Crippen molar-refractivity contribution in [2.75, 3.05) is 0 Å². The molecule has 0 spiro atoms. The van der Waals surface area contributed by atoms with Gasteiger partial charge in [-0.15, -0.1) is 10.2 Å². The van der Waals surface area contributed by atoms with E-state index in [1.165, 1.54) is 46.2 Å². The summed E-state index contributed by atoms with van der Waals surface area (Å²) < 4.78 is 35.5. The second kappa shape index (κ2) is 9.18. The van der Waals surface area contributed by atoms with E-state index in [2.05, 4.69) is 15.5 Å². The molecule has 1 saturated carbocycles. The predicted octanol–water partition coefficient (Wildman–Crippen LogP) is 5.23. The van der Waals surface area contributed by atoms with Crippen molar-refractivity contribution in [1.82, 2.24) is 20.1 Å². The van der Waals surface area contributed by atoms with Crippen LogP contribution < -0.4 is 15.6 Å². The topological polar surface area (TPSA) is 86.1 Å². The van der Waals surface area contributed by atoms with Gasteiger partial charge in [-0.05, 0) is 55.9 Å². The Bertz CT molecular complexity index is 1500. The van der Waals surface area contributed by atoms with Gasteiger partial charge in [0.15, 0.2) is 5.75 Å². The molecule has 4 aromatic rings. The van der Waals surface area contributed by atoms with Gasteiger partial charge in [0.05, 0.1) is 17.1 Å². The Morgan fingerprint density at radius 3 is 2.69 bits per heavy atom. The molecule has 0 radical (unpaired) electrons. The van der Waals surface area contributed by atoms with Crippen LogP contribution in [0.4, 0.5) is 13.6 Å². The molecule has 2 aromatic heterocycles. The van der Waals surface area contributed by atoms with Gasteiger partial charge in [-0.2, -0.15) is 0 Å². The van der Waals surface area contributed by atoms with E-state index in [1.807, 2.05) is 6.92 Å². The summed E-state index contributed by atoms with van der Waals surface area (Å²) in [5.41, 5.74) is 0.316. The third-order valence-electron chi connectivity index (χ3n) is 6.06. The fraction of sp³-hybridized carbons (Fsp3) is 0.280. The Labute approximate surface area is 203 Å². The van der Waals surface area contributed by atoms with Gasteiger partial charge >= 0.3 is 6.09 Å². The van der Waals surface area contributed by atoms with Gasteiger partial charge in [0, 0.05) is 5.39 Å². The molecule has 0 bridgehead atoms. The lowest BCUT2D eigenvalue weighted by atomic mass is 10.0. The van der Waals surface area contributed by atoms with Gasteiger partial charge < -0.3 is 10.1 Å². The smallest absolute Gasteiger partial charge is 0.408 e. The van der Waals surface area contributed by atoms with E-state index in [1.54, 1.807) is 19.1 Å². The van der Waals surface area contributed by atoms with Crippen molar-refractivity contribution in [2.24, 2.45) is 5.92 Å². The minimum absolute atomic E-state index is 0.0404. The molecule has 0 saturated heterocycles. The fourth-order valence-electron chi connectivity index (χ4n) is 4.18. The summed E-state index contributed by atoms with van der Waals surface area (Å²) in [6.07, 6.45) is 1.64. The number of aryl methyl sites for hydroxylation is 1. The van der Waals surface area contributed by atoms with E-state index in [-0.39, 0.29) is 33.3 Å². The average molecular weight is 497 g/mol. The lowest BCUT2D eigenvalue weighted by Crippen LogP contribution is -2.33. The minimum Gasteiger partial charge on any atom is -0.408 e. The van der Waals surface area contributed by atoms with Crippen LogP contribution in [0, 0.1) is 24.5 Å². The molecule has 2 heterocycles. The van der Waals surface area contributed by atoms with E-state index in [4.69, 9.17) is 4.74 Å². The molecule has 35 heavy (non-hydrogen) atoms. The number of pyridine rings is 1. The van der Waals surface area contributed by atoms with Crippen molar-refractivity contribution in [3.05, 3.63) is 80.7 Å². The summed E-state index contributed by atoms with van der Waals surface area (Å²) in [6.45, 7) is 3.51. The third-order valence-corrected chi connectivity index (χ3v) is 7.11. The van der Waals surface area contributed by atoms with E-state index in [0.29, 0.717) is 17.0 Å². The first-order valence-electron chi connectivity index (χ1n) is 11.3. The van der Waals surface area contributed by atoms with Crippen LogP contribution in [0.15, 0.2) is 47.3 Å². The number of hydrogen-bond donors (Lipinski definition) is 1. The lowest BCUT2D eigenvalue weighted by molar-refractivity contribution is 0.194. The molecule has 1 N–H and O–H groups in total. The number of amides is 1. The van der Waals surface area contributed by atoms with Gasteiger partial charge in [-0.1, -0.05) is 42.5 Å². The molecule has 10 heteroatoms. The first-order valence-corrected chi connectivity index (χ1v) is 12.1. The lowest BCUT2D eigenvalue weighted by Gasteiger charge is -2.20. The number of carbonyl (C=O) groups excluding carboxylic acids is 1. The molecule has 1 fully saturated rings. The molecule has 7 nitrogen and oxygen atoms in total. The molecule has 0 aliphatic heterocycles. The molecular formula is C25H22F2N4O3S. The Kier molecular flexibility index (Phi) is 6.06. The number of ether oxygens (including phenoxy) is 1. The summed E-state index contributed by atoms with van der Waals surface area (Å²) in [5.74, 6) is -0.917. The highest BCUT2D eigenvalue weighted by Gasteiger charge is 2.34. The standard InChI is InChI=1S/C25H22F2N4O3S/c1-3-19-29-30-24(35-19)31-13(2)22(17-8-5-9-18(27)20(17)23(31)32)34-25(33)28-21(14-10-11-14)15-6-4-7-16(26)12-15/h4-9,12,14,21H,3,10-11H2,1-2H3,(H,28,33)/t21-/m0/s1. The maximum Gasteiger partial charge on any atom is 0.413 e. The van der Waals surface area contributed by atoms with Gasteiger partial charge in [0.1, 0.15) is 16.6 Å². The van der Waals surface area contributed by atoms with E-state index >= 15 is 0 Å². The highest BCUT2D eigenvalue weighted by Crippen LogP contribution is 2.41. The van der Waals surface area contributed by atoms with E-state index in [0.717, 1.165) is 12.8 Å². The van der Waals surface area contributed by atoms with Crippen LogP contribution in [0.5, 0.6) is 5.75 Å². The first kappa shape index (κ1) is 23.1. The SMILES string of the molecule is CCc1nnc(-n2c(C)c(OC(=O)N[C@H](c3cccc(F)c3)C3CC3)c3cccc(F)c3c2=O)s1. The summed E-state index contributed by atoms with van der Waals surface area (Å²) in [4.78, 5) is 26.3. The Hall–Kier alpha value is -3.66. The molecule has 1 amide bonds. The zero-order valence-corrected chi connectivity index (χ0v) is 19.9. The number of rotatable bonds is 6. The zero-order chi connectivity index (χ0) is 24.7. The van der Waals surface area contributed by atoms with Crippen molar-refractivity contribution >= 4 is 28.2 Å². The number of fused-ring (bicyclic) bond motifs is 1. The number of carbonyl (C=O) groups is 1. The van der Waals surface area contributed by atoms with Crippen LogP contribution in [0.3, 0.4) is 0 Å². The normalized spacial score (nSPS) is 14.2. The van der Waals surface area contributed by atoms with Gasteiger partial charge in [0.2, 0.25) is 5.13 Å². The summed E-state index contributed by atoms with van der Waals surface area (Å²) in [5, 5.41) is 11.9. The van der Waals surface area contributed by atoms with Gasteiger partial charge in [-0.25, -0.2) is 13.6 Å². The molecular weight excluding hydrogens is 474 g/mol. The average Bonchev–Trinajstić information content (AvgIpc) is 3.57. The highest BCUT2D eigenvalue weighted by atomic mass is 32.1. The Morgan fingerprint density at radius 1 is 1.23 bits per heavy atom. The monoisotopic (exact) mass is 496 g/mol. The quantitative estimate of drug-likeness (QED) is 0.395. The van der Waals surface area contributed by atoms with Gasteiger partial charge in [0.25, 0.3) is 5.56 Å². The molecule has 5 rings (SSSR count). The second-order valence-corrected chi connectivity index (χ2v) is 9.49. The summed E-state index contributed by atoms with van der Waals surface area (Å²) in [6, 6.07) is 9.81. The van der Waals surface area contributed by atoms with Crippen LogP contribution in [-0.2, 0) is 6.42 Å². The zero-order valence-electron chi connectivity index (χ0n) is 19.0. The highest BCUT2D eigenvalue weighted by molar-refractivity contribution is 7.13. The van der Waals surface area contributed by atoms with Crippen molar-refractivity contribution in [3.63, 3.8) is 0 Å². The molecule has 1 atom stereocenters. The van der Waals surface area contributed by atoms with Crippen LogP contribution in [0.25, 0.3) is 15.9 Å². The maximum atomic E-state index is 14.8. The maximum absolute atomic E-state index is 14.8. The van der Waals surface area contributed by atoms with Crippen molar-refractivity contribution < 1.29 is 18.3 Å². The van der Waals surface area contributed by atoms with Crippen LogP contribution in [0.2, 0.25) is 0 Å². The number of benzene rings is 2. The Balaban J connectivity index is 1.56. The largest absolute Gasteiger partial charge is 0.413 e. The number of hydrogen-bond acceptors (Lipinski definition) is 6. The van der Waals surface area contributed by atoms with Crippen LogP contribution in [-0.4, -0.2) is 20.9 Å². The van der Waals surface area contributed by atoms with E-state index in [9.17, 15) is 18.4 Å². The van der Waals surface area contributed by atoms with Crippen LogP contribution >= 0.6 is 11.3 Å². The molecule has 1 aliphatic rings. The number of aromatic nitrogens is 3. The second-order valence-electron chi connectivity index (χ2n) is 8.45. The molecule has 2 aromatic carbocycles. The summed E-state index contributed by atoms with van der Waals surface area (Å²) in [7, 11) is 0. The fourth-order valence-corrected chi connectivity index (χ4v) is 5.01. The van der Waals surface area contributed by atoms with Crippen molar-refractivity contribution in [1.29, 1.82) is 0 Å². The first-order chi connectivity index (χ1) is 16.9.